The Morgan fingerprint density at radius 2 is 2.29 bits per heavy atom. The van der Waals surface area contributed by atoms with Crippen molar-refractivity contribution in [3.8, 4) is 0 Å². The molecule has 1 fully saturated rings. The van der Waals surface area contributed by atoms with Crippen molar-refractivity contribution in [1.82, 2.24) is 10.2 Å². The third kappa shape index (κ3) is 3.30. The van der Waals surface area contributed by atoms with Gasteiger partial charge in [-0.2, -0.15) is 0 Å². The number of benzene rings is 1. The largest absolute Gasteiger partial charge is 0.393 e. The fraction of sp³-hybridized carbons (Fsp3) is 0.500. The summed E-state index contributed by atoms with van der Waals surface area (Å²) in [5.41, 5.74) is 6.68. The van der Waals surface area contributed by atoms with Crippen molar-refractivity contribution in [2.24, 2.45) is 0 Å². The first-order chi connectivity index (χ1) is 10.0. The standard InChI is InChI=1S/C14H20N4O3/c1-16-14(19)12-6-2-3-8-17(12)9-10-5-4-7-11(13(10)15)18(20)21/h4-5,7,12H,2-3,6,8-9,15H2,1H3,(H,16,19). The van der Waals surface area contributed by atoms with Crippen LogP contribution in [-0.2, 0) is 11.3 Å². The summed E-state index contributed by atoms with van der Waals surface area (Å²) in [6.07, 6.45) is 2.83. The van der Waals surface area contributed by atoms with Crippen LogP contribution < -0.4 is 11.1 Å². The van der Waals surface area contributed by atoms with Crippen LogP contribution in [-0.4, -0.2) is 35.4 Å². The second kappa shape index (κ2) is 6.53. The van der Waals surface area contributed by atoms with Gasteiger partial charge in [0, 0.05) is 19.7 Å². The van der Waals surface area contributed by atoms with E-state index in [2.05, 4.69) is 5.32 Å². The number of nitro groups is 1. The number of piperidine rings is 1. The number of carbonyl (C=O) groups is 1. The van der Waals surface area contributed by atoms with Gasteiger partial charge in [0.1, 0.15) is 5.69 Å². The number of carbonyl (C=O) groups excluding carboxylic acids is 1. The van der Waals surface area contributed by atoms with Crippen molar-refractivity contribution in [3.05, 3.63) is 33.9 Å². The molecule has 1 unspecified atom stereocenters. The molecule has 7 nitrogen and oxygen atoms in total. The lowest BCUT2D eigenvalue weighted by molar-refractivity contribution is -0.384. The average molecular weight is 292 g/mol. The third-order valence-corrected chi connectivity index (χ3v) is 3.91. The number of nitrogens with two attached hydrogens (primary N) is 1. The Morgan fingerprint density at radius 1 is 1.52 bits per heavy atom. The van der Waals surface area contributed by atoms with E-state index in [1.165, 1.54) is 6.07 Å². The quantitative estimate of drug-likeness (QED) is 0.494. The van der Waals surface area contributed by atoms with Crippen molar-refractivity contribution >= 4 is 17.3 Å². The summed E-state index contributed by atoms with van der Waals surface area (Å²) in [5, 5.41) is 13.6. The van der Waals surface area contributed by atoms with Gasteiger partial charge in [-0.3, -0.25) is 19.8 Å². The highest BCUT2D eigenvalue weighted by Crippen LogP contribution is 2.28. The molecule has 1 saturated heterocycles. The molecule has 0 spiro atoms. The molecule has 1 heterocycles. The van der Waals surface area contributed by atoms with Gasteiger partial charge in [0.25, 0.3) is 5.69 Å². The van der Waals surface area contributed by atoms with Gasteiger partial charge in [-0.25, -0.2) is 0 Å². The van der Waals surface area contributed by atoms with Gasteiger partial charge in [-0.05, 0) is 24.9 Å². The van der Waals surface area contributed by atoms with Gasteiger partial charge >= 0.3 is 0 Å². The van der Waals surface area contributed by atoms with E-state index in [1.54, 1.807) is 19.2 Å². The zero-order valence-corrected chi connectivity index (χ0v) is 12.0. The normalized spacial score (nSPS) is 19.2. The van der Waals surface area contributed by atoms with Crippen LogP contribution in [0.2, 0.25) is 0 Å². The maximum absolute atomic E-state index is 11.9. The predicted octanol–water partition coefficient (Wildman–Crippen LogP) is 1.28. The van der Waals surface area contributed by atoms with E-state index in [1.807, 2.05) is 4.90 Å². The Morgan fingerprint density at radius 3 is 2.95 bits per heavy atom. The second-order valence-corrected chi connectivity index (χ2v) is 5.20. The maximum Gasteiger partial charge on any atom is 0.292 e. The molecule has 114 valence electrons. The Balaban J connectivity index is 2.21. The smallest absolute Gasteiger partial charge is 0.292 e. The summed E-state index contributed by atoms with van der Waals surface area (Å²) in [6, 6.07) is 4.61. The van der Waals surface area contributed by atoms with E-state index in [-0.39, 0.29) is 23.3 Å². The van der Waals surface area contributed by atoms with Gasteiger partial charge in [0.2, 0.25) is 5.91 Å². The van der Waals surface area contributed by atoms with Crippen LogP contribution >= 0.6 is 0 Å². The van der Waals surface area contributed by atoms with Gasteiger partial charge < -0.3 is 11.1 Å². The van der Waals surface area contributed by atoms with Crippen LogP contribution in [0.4, 0.5) is 11.4 Å². The van der Waals surface area contributed by atoms with E-state index in [9.17, 15) is 14.9 Å². The Kier molecular flexibility index (Phi) is 4.74. The number of rotatable bonds is 4. The maximum atomic E-state index is 11.9. The van der Waals surface area contributed by atoms with Crippen molar-refractivity contribution in [3.63, 3.8) is 0 Å². The topological polar surface area (TPSA) is 102 Å². The Hall–Kier alpha value is -2.15. The number of nitrogens with one attached hydrogen (secondary N) is 1. The molecule has 0 aliphatic carbocycles. The Labute approximate surface area is 123 Å². The number of amides is 1. The van der Waals surface area contributed by atoms with Gasteiger partial charge in [0.05, 0.1) is 11.0 Å². The molecule has 2 rings (SSSR count). The number of nitrogen functional groups attached to an aromatic ring is 1. The molecule has 0 radical (unpaired) electrons. The zero-order chi connectivity index (χ0) is 15.4. The molecule has 7 heteroatoms. The lowest BCUT2D eigenvalue weighted by atomic mass is 10.00. The molecule has 1 aliphatic heterocycles. The van der Waals surface area contributed by atoms with Crippen LogP contribution in [0.1, 0.15) is 24.8 Å². The van der Waals surface area contributed by atoms with E-state index in [4.69, 9.17) is 5.73 Å². The van der Waals surface area contributed by atoms with Crippen LogP contribution in [0.3, 0.4) is 0 Å². The fourth-order valence-corrected chi connectivity index (χ4v) is 2.76. The van der Waals surface area contributed by atoms with Crippen molar-refractivity contribution in [1.29, 1.82) is 0 Å². The first-order valence-electron chi connectivity index (χ1n) is 7.02. The minimum Gasteiger partial charge on any atom is -0.393 e. The molecule has 1 atom stereocenters. The number of likely N-dealkylation sites (N-methyl/N-ethyl adjacent to an activating group) is 1. The van der Waals surface area contributed by atoms with E-state index >= 15 is 0 Å². The lowest BCUT2D eigenvalue weighted by Gasteiger charge is -2.34. The van der Waals surface area contributed by atoms with Crippen LogP contribution in [0.25, 0.3) is 0 Å². The molecular weight excluding hydrogens is 272 g/mol. The second-order valence-electron chi connectivity index (χ2n) is 5.20. The lowest BCUT2D eigenvalue weighted by Crippen LogP contribution is -2.48. The molecule has 1 aliphatic rings. The SMILES string of the molecule is CNC(=O)C1CCCCN1Cc1cccc([N+](=O)[O-])c1N. The van der Waals surface area contributed by atoms with Gasteiger partial charge in [-0.15, -0.1) is 0 Å². The molecule has 1 aromatic rings. The van der Waals surface area contributed by atoms with Crippen molar-refractivity contribution in [2.75, 3.05) is 19.3 Å². The summed E-state index contributed by atoms with van der Waals surface area (Å²) in [7, 11) is 1.62. The molecule has 0 saturated carbocycles. The molecule has 3 N–H and O–H groups in total. The van der Waals surface area contributed by atoms with Crippen LogP contribution in [0.15, 0.2) is 18.2 Å². The van der Waals surface area contributed by atoms with Crippen LogP contribution in [0.5, 0.6) is 0 Å². The van der Waals surface area contributed by atoms with Gasteiger partial charge in [-0.1, -0.05) is 18.6 Å². The number of nitrogens with zero attached hydrogens (tertiary/aromatic N) is 2. The van der Waals surface area contributed by atoms with Crippen molar-refractivity contribution in [2.45, 2.75) is 31.8 Å². The summed E-state index contributed by atoms with van der Waals surface area (Å²) in [4.78, 5) is 24.4. The number of likely N-dealkylation sites (tertiary alicyclic amines) is 1. The number of nitro benzene ring substituents is 1. The minimum absolute atomic E-state index is 0.0151. The predicted molar refractivity (Wildman–Crippen MR) is 79.6 cm³/mol. The summed E-state index contributed by atoms with van der Waals surface area (Å²) < 4.78 is 0. The molecular formula is C14H20N4O3. The molecule has 1 amide bonds. The number of anilines is 1. The highest BCUT2D eigenvalue weighted by molar-refractivity contribution is 5.81. The van der Waals surface area contributed by atoms with Gasteiger partial charge in [0.15, 0.2) is 0 Å². The third-order valence-electron chi connectivity index (χ3n) is 3.91. The van der Waals surface area contributed by atoms with E-state index < -0.39 is 4.92 Å². The number of para-hydroxylation sites is 1. The fourth-order valence-electron chi connectivity index (χ4n) is 2.76. The minimum atomic E-state index is -0.481. The molecule has 1 aromatic carbocycles. The average Bonchev–Trinajstić information content (AvgIpc) is 2.49. The Bertz CT molecular complexity index is 547. The first kappa shape index (κ1) is 15.2. The zero-order valence-electron chi connectivity index (χ0n) is 12.0. The van der Waals surface area contributed by atoms with E-state index in [0.717, 1.165) is 25.8 Å². The van der Waals surface area contributed by atoms with E-state index in [0.29, 0.717) is 12.1 Å². The monoisotopic (exact) mass is 292 g/mol. The summed E-state index contributed by atoms with van der Waals surface area (Å²) >= 11 is 0. The summed E-state index contributed by atoms with van der Waals surface area (Å²) in [6.45, 7) is 1.24. The molecule has 0 bridgehead atoms. The molecule has 0 aromatic heterocycles. The number of hydrogen-bond acceptors (Lipinski definition) is 5. The van der Waals surface area contributed by atoms with Crippen molar-refractivity contribution < 1.29 is 9.72 Å². The highest BCUT2D eigenvalue weighted by Gasteiger charge is 2.28. The first-order valence-corrected chi connectivity index (χ1v) is 7.02. The van der Waals surface area contributed by atoms with Crippen LogP contribution in [0, 0.1) is 10.1 Å². The summed E-state index contributed by atoms with van der Waals surface area (Å²) in [5.74, 6) is -0.0151. The number of hydrogen-bond donors (Lipinski definition) is 2. The molecule has 21 heavy (non-hydrogen) atoms. The highest BCUT2D eigenvalue weighted by atomic mass is 16.6.